The molecule has 19 heavy (non-hydrogen) atoms. The van der Waals surface area contributed by atoms with Gasteiger partial charge < -0.3 is 9.67 Å². The highest BCUT2D eigenvalue weighted by Crippen LogP contribution is 2.20. The largest absolute Gasteiger partial charge is 0.478 e. The van der Waals surface area contributed by atoms with Crippen molar-refractivity contribution in [2.45, 2.75) is 32.7 Å². The van der Waals surface area contributed by atoms with Crippen molar-refractivity contribution in [1.82, 2.24) is 4.57 Å². The molecule has 1 heterocycles. The molecule has 2 rings (SSSR count). The average Bonchev–Trinajstić information content (AvgIpc) is 2.41. The van der Waals surface area contributed by atoms with Gasteiger partial charge >= 0.3 is 5.97 Å². The van der Waals surface area contributed by atoms with Crippen molar-refractivity contribution in [3.05, 3.63) is 40.5 Å². The second kappa shape index (κ2) is 5.97. The van der Waals surface area contributed by atoms with Crippen LogP contribution in [0.1, 0.15) is 36.5 Å². The van der Waals surface area contributed by atoms with Gasteiger partial charge in [0.1, 0.15) is 0 Å². The quantitative estimate of drug-likeness (QED) is 0.655. The van der Waals surface area contributed by atoms with Crippen molar-refractivity contribution in [2.24, 2.45) is 0 Å². The molecule has 0 fully saturated rings. The van der Waals surface area contributed by atoms with Crippen LogP contribution in [0, 0.1) is 4.51 Å². The van der Waals surface area contributed by atoms with E-state index in [-0.39, 0.29) is 5.56 Å². The van der Waals surface area contributed by atoms with Gasteiger partial charge in [-0.1, -0.05) is 50.2 Å². The molecule has 1 aromatic carbocycles. The van der Waals surface area contributed by atoms with Crippen molar-refractivity contribution in [2.75, 3.05) is 0 Å². The molecule has 0 aliphatic heterocycles. The van der Waals surface area contributed by atoms with Gasteiger partial charge in [-0.2, -0.15) is 0 Å². The van der Waals surface area contributed by atoms with Crippen LogP contribution >= 0.6 is 12.2 Å². The summed E-state index contributed by atoms with van der Waals surface area (Å²) in [6.07, 6.45) is 4.99. The summed E-state index contributed by atoms with van der Waals surface area (Å²) in [5.74, 6) is -0.958. The maximum Gasteiger partial charge on any atom is 0.338 e. The molecule has 0 unspecified atom stereocenters. The molecule has 0 aliphatic rings. The standard InChI is InChI=1S/C15H17NO2S/c1-2-3-6-9-16-10-12(15(17)18)14(19)11-7-4-5-8-13(11)16/h4-5,7-8,10H,2-3,6,9H2,1H3,(H,17,18). The molecular formula is C15H17NO2S. The Kier molecular flexibility index (Phi) is 4.32. The first-order valence-corrected chi connectivity index (χ1v) is 6.91. The summed E-state index contributed by atoms with van der Waals surface area (Å²) in [5.41, 5.74) is 1.22. The Labute approximate surface area is 117 Å². The highest BCUT2D eigenvalue weighted by molar-refractivity contribution is 7.71. The van der Waals surface area contributed by atoms with Crippen molar-refractivity contribution < 1.29 is 9.90 Å². The van der Waals surface area contributed by atoms with E-state index in [0.29, 0.717) is 4.51 Å². The lowest BCUT2D eigenvalue weighted by Gasteiger charge is -2.12. The van der Waals surface area contributed by atoms with Gasteiger partial charge in [0.25, 0.3) is 0 Å². The average molecular weight is 275 g/mol. The number of carbonyl (C=O) groups is 1. The number of benzene rings is 1. The zero-order valence-electron chi connectivity index (χ0n) is 10.9. The predicted molar refractivity (Wildman–Crippen MR) is 79.3 cm³/mol. The van der Waals surface area contributed by atoms with Crippen molar-refractivity contribution in [1.29, 1.82) is 0 Å². The van der Waals surface area contributed by atoms with Crippen LogP contribution in [0.4, 0.5) is 0 Å². The molecule has 0 saturated heterocycles. The van der Waals surface area contributed by atoms with Gasteiger partial charge in [-0.3, -0.25) is 0 Å². The van der Waals surface area contributed by atoms with Crippen LogP contribution in [-0.4, -0.2) is 15.6 Å². The van der Waals surface area contributed by atoms with E-state index >= 15 is 0 Å². The molecule has 2 aromatic rings. The fourth-order valence-corrected chi connectivity index (χ4v) is 2.53. The number of aromatic nitrogens is 1. The zero-order chi connectivity index (χ0) is 13.8. The number of rotatable bonds is 5. The second-order valence-corrected chi connectivity index (χ2v) is 5.00. The Morgan fingerprint density at radius 3 is 2.74 bits per heavy atom. The predicted octanol–water partition coefficient (Wildman–Crippen LogP) is 4.26. The van der Waals surface area contributed by atoms with Gasteiger partial charge in [0.05, 0.1) is 10.1 Å². The van der Waals surface area contributed by atoms with Crippen molar-refractivity contribution in [3.8, 4) is 0 Å². The Bertz CT molecular complexity index is 661. The molecule has 0 amide bonds. The van der Waals surface area contributed by atoms with E-state index < -0.39 is 5.97 Å². The molecule has 4 heteroatoms. The minimum absolute atomic E-state index is 0.213. The molecule has 0 radical (unpaired) electrons. The Morgan fingerprint density at radius 1 is 1.32 bits per heavy atom. The fraction of sp³-hybridized carbons (Fsp3) is 0.333. The van der Waals surface area contributed by atoms with Crippen LogP contribution in [0.5, 0.6) is 0 Å². The number of para-hydroxylation sites is 1. The Hall–Kier alpha value is -1.68. The van der Waals surface area contributed by atoms with Crippen LogP contribution in [0.15, 0.2) is 30.5 Å². The maximum atomic E-state index is 11.3. The number of unbranched alkanes of at least 4 members (excludes halogenated alkanes) is 2. The van der Waals surface area contributed by atoms with E-state index in [4.69, 9.17) is 12.2 Å². The van der Waals surface area contributed by atoms with Gasteiger partial charge in [0.2, 0.25) is 0 Å². The van der Waals surface area contributed by atoms with Gasteiger partial charge in [0, 0.05) is 23.6 Å². The normalized spacial score (nSPS) is 10.8. The zero-order valence-corrected chi connectivity index (χ0v) is 11.7. The third-order valence-electron chi connectivity index (χ3n) is 3.22. The lowest BCUT2D eigenvalue weighted by atomic mass is 10.1. The molecule has 0 saturated carbocycles. The molecule has 0 aliphatic carbocycles. The van der Waals surface area contributed by atoms with Crippen LogP contribution in [0.2, 0.25) is 0 Å². The highest BCUT2D eigenvalue weighted by atomic mass is 32.1. The first-order chi connectivity index (χ1) is 9.15. The number of nitrogens with zero attached hydrogens (tertiary/aromatic N) is 1. The topological polar surface area (TPSA) is 42.2 Å². The number of hydrogen-bond donors (Lipinski definition) is 1. The molecule has 1 aromatic heterocycles. The van der Waals surface area contributed by atoms with E-state index in [0.717, 1.165) is 36.7 Å². The molecule has 1 N–H and O–H groups in total. The van der Waals surface area contributed by atoms with Crippen LogP contribution in [-0.2, 0) is 6.54 Å². The summed E-state index contributed by atoms with van der Waals surface area (Å²) < 4.78 is 2.43. The first kappa shape index (κ1) is 13.7. The molecular weight excluding hydrogens is 258 g/mol. The summed E-state index contributed by atoms with van der Waals surface area (Å²) in [6.45, 7) is 2.97. The number of aryl methyl sites for hydroxylation is 1. The lowest BCUT2D eigenvalue weighted by Crippen LogP contribution is -2.07. The first-order valence-electron chi connectivity index (χ1n) is 6.50. The summed E-state index contributed by atoms with van der Waals surface area (Å²) >= 11 is 5.27. The van der Waals surface area contributed by atoms with E-state index in [1.165, 1.54) is 0 Å². The monoisotopic (exact) mass is 275 g/mol. The van der Waals surface area contributed by atoms with Gasteiger partial charge in [-0.15, -0.1) is 0 Å². The van der Waals surface area contributed by atoms with Crippen LogP contribution in [0.3, 0.4) is 0 Å². The minimum atomic E-state index is -0.958. The number of fused-ring (bicyclic) bond motifs is 1. The van der Waals surface area contributed by atoms with Crippen LogP contribution < -0.4 is 0 Å². The number of carboxylic acids is 1. The van der Waals surface area contributed by atoms with E-state index in [2.05, 4.69) is 6.92 Å². The smallest absolute Gasteiger partial charge is 0.338 e. The highest BCUT2D eigenvalue weighted by Gasteiger charge is 2.11. The summed E-state index contributed by atoms with van der Waals surface area (Å²) in [7, 11) is 0. The number of aromatic carboxylic acids is 1. The lowest BCUT2D eigenvalue weighted by molar-refractivity contribution is 0.0695. The van der Waals surface area contributed by atoms with Gasteiger partial charge in [-0.05, 0) is 12.5 Å². The molecule has 0 bridgehead atoms. The molecule has 100 valence electrons. The number of hydrogen-bond acceptors (Lipinski definition) is 2. The van der Waals surface area contributed by atoms with Gasteiger partial charge in [-0.25, -0.2) is 4.79 Å². The third kappa shape index (κ3) is 2.84. The summed E-state index contributed by atoms with van der Waals surface area (Å²) in [5, 5.41) is 10.1. The Morgan fingerprint density at radius 2 is 2.05 bits per heavy atom. The summed E-state index contributed by atoms with van der Waals surface area (Å²) in [6, 6.07) is 7.72. The number of carboxylic acid groups (broad SMARTS) is 1. The van der Waals surface area contributed by atoms with Crippen molar-refractivity contribution >= 4 is 29.1 Å². The van der Waals surface area contributed by atoms with Crippen LogP contribution in [0.25, 0.3) is 10.9 Å². The number of pyridine rings is 1. The SMILES string of the molecule is CCCCCn1cc(C(=O)O)c(=S)c2ccccc21. The molecule has 0 spiro atoms. The Balaban J connectivity index is 2.58. The van der Waals surface area contributed by atoms with Crippen molar-refractivity contribution in [3.63, 3.8) is 0 Å². The third-order valence-corrected chi connectivity index (χ3v) is 3.66. The molecule has 3 nitrogen and oxygen atoms in total. The minimum Gasteiger partial charge on any atom is -0.478 e. The maximum absolute atomic E-state index is 11.3. The summed E-state index contributed by atoms with van der Waals surface area (Å²) in [4.78, 5) is 11.3. The fourth-order valence-electron chi connectivity index (χ4n) is 2.21. The van der Waals surface area contributed by atoms with E-state index in [9.17, 15) is 9.90 Å². The van der Waals surface area contributed by atoms with Gasteiger partial charge in [0.15, 0.2) is 0 Å². The van der Waals surface area contributed by atoms with E-state index in [1.807, 2.05) is 28.8 Å². The second-order valence-electron chi connectivity index (χ2n) is 4.59. The molecule has 0 atom stereocenters. The van der Waals surface area contributed by atoms with E-state index in [1.54, 1.807) is 6.20 Å².